The van der Waals surface area contributed by atoms with E-state index in [1.54, 1.807) is 11.3 Å². The molecule has 118 valence electrons. The van der Waals surface area contributed by atoms with E-state index in [1.165, 1.54) is 34.4 Å². The minimum Gasteiger partial charge on any atom is -0.339 e. The molecule has 1 aromatic carbocycles. The molecule has 0 spiro atoms. The van der Waals surface area contributed by atoms with E-state index in [9.17, 15) is 0 Å². The highest BCUT2D eigenvalue weighted by Gasteiger charge is 2.21. The number of aromatic nitrogens is 2. The van der Waals surface area contributed by atoms with E-state index >= 15 is 0 Å². The molecule has 0 aliphatic heterocycles. The molecule has 0 atom stereocenters. The van der Waals surface area contributed by atoms with Crippen LogP contribution in [0.15, 0.2) is 18.2 Å². The van der Waals surface area contributed by atoms with Gasteiger partial charge < -0.3 is 5.32 Å². The van der Waals surface area contributed by atoms with Crippen LogP contribution in [-0.4, -0.2) is 9.97 Å². The lowest BCUT2D eigenvalue weighted by Gasteiger charge is -2.15. The van der Waals surface area contributed by atoms with Crippen molar-refractivity contribution in [1.29, 1.82) is 0 Å². The summed E-state index contributed by atoms with van der Waals surface area (Å²) in [5.41, 5.74) is 4.94. The van der Waals surface area contributed by atoms with Gasteiger partial charge in [0.05, 0.1) is 5.39 Å². The van der Waals surface area contributed by atoms with Gasteiger partial charge in [-0.2, -0.15) is 4.98 Å². The Hall–Kier alpha value is -1.65. The maximum absolute atomic E-state index is 6.18. The fraction of sp³-hybridized carbons (Fsp3) is 0.333. The number of nitrogens with one attached hydrogen (secondary N) is 1. The van der Waals surface area contributed by atoms with Crippen LogP contribution in [0.25, 0.3) is 10.2 Å². The number of nitrogens with zero attached hydrogens (tertiary/aromatic N) is 2. The molecule has 3 nitrogen and oxygen atoms in total. The molecule has 23 heavy (non-hydrogen) atoms. The van der Waals surface area contributed by atoms with Crippen molar-refractivity contribution < 1.29 is 0 Å². The third-order valence-electron chi connectivity index (χ3n) is 4.51. The standard InChI is InChI=1S/C18H18ClN3S/c1-10-6-5-7-11(2)15(10)20-16-14-12-8-3-4-9-13(12)23-17(14)22-18(19)21-16/h5-7H,3-4,8-9H2,1-2H3,(H,20,21,22). The van der Waals surface area contributed by atoms with Crippen LogP contribution < -0.4 is 5.32 Å². The minimum absolute atomic E-state index is 0.310. The van der Waals surface area contributed by atoms with Crippen molar-refractivity contribution in [2.45, 2.75) is 39.5 Å². The highest BCUT2D eigenvalue weighted by molar-refractivity contribution is 7.19. The lowest BCUT2D eigenvalue weighted by atomic mass is 9.97. The molecule has 2 heterocycles. The van der Waals surface area contributed by atoms with Gasteiger partial charge in [-0.25, -0.2) is 4.98 Å². The third-order valence-corrected chi connectivity index (χ3v) is 5.87. The van der Waals surface area contributed by atoms with Gasteiger partial charge >= 0.3 is 0 Å². The number of aryl methyl sites for hydroxylation is 4. The molecule has 4 rings (SSSR count). The number of rotatable bonds is 2. The Balaban J connectivity index is 1.91. The molecule has 5 heteroatoms. The van der Waals surface area contributed by atoms with E-state index in [2.05, 4.69) is 47.3 Å². The van der Waals surface area contributed by atoms with Crippen molar-refractivity contribution in [3.05, 3.63) is 45.1 Å². The lowest BCUT2D eigenvalue weighted by molar-refractivity contribution is 0.700. The summed E-state index contributed by atoms with van der Waals surface area (Å²) in [6.07, 6.45) is 4.77. The molecule has 0 amide bonds. The molecular formula is C18H18ClN3S. The second kappa shape index (κ2) is 5.77. The Kier molecular flexibility index (Phi) is 3.74. The minimum atomic E-state index is 0.310. The van der Waals surface area contributed by atoms with Crippen LogP contribution in [0.4, 0.5) is 11.5 Å². The van der Waals surface area contributed by atoms with E-state index in [1.807, 2.05) is 0 Å². The van der Waals surface area contributed by atoms with Crippen LogP contribution >= 0.6 is 22.9 Å². The van der Waals surface area contributed by atoms with E-state index in [-0.39, 0.29) is 0 Å². The number of hydrogen-bond donors (Lipinski definition) is 1. The summed E-state index contributed by atoms with van der Waals surface area (Å²) in [7, 11) is 0. The SMILES string of the molecule is Cc1cccc(C)c1Nc1nc(Cl)nc2sc3c(c12)CCCC3. The number of halogens is 1. The highest BCUT2D eigenvalue weighted by Crippen LogP contribution is 2.40. The highest BCUT2D eigenvalue weighted by atomic mass is 35.5. The van der Waals surface area contributed by atoms with Gasteiger partial charge in [-0.15, -0.1) is 11.3 Å². The monoisotopic (exact) mass is 343 g/mol. The molecule has 0 saturated heterocycles. The smallest absolute Gasteiger partial charge is 0.225 e. The van der Waals surface area contributed by atoms with Crippen molar-refractivity contribution in [3.63, 3.8) is 0 Å². The number of thiophene rings is 1. The quantitative estimate of drug-likeness (QED) is 0.617. The molecule has 3 aromatic rings. The molecule has 1 aliphatic rings. The molecule has 0 radical (unpaired) electrons. The summed E-state index contributed by atoms with van der Waals surface area (Å²) in [5.74, 6) is 0.844. The zero-order chi connectivity index (χ0) is 16.0. The average molecular weight is 344 g/mol. The molecule has 1 aliphatic carbocycles. The van der Waals surface area contributed by atoms with Crippen LogP contribution in [0, 0.1) is 13.8 Å². The number of anilines is 2. The molecule has 1 N–H and O–H groups in total. The summed E-state index contributed by atoms with van der Waals surface area (Å²) in [6.45, 7) is 4.22. The number of hydrogen-bond acceptors (Lipinski definition) is 4. The Morgan fingerprint density at radius 2 is 1.83 bits per heavy atom. The summed E-state index contributed by atoms with van der Waals surface area (Å²) < 4.78 is 0. The Morgan fingerprint density at radius 1 is 1.09 bits per heavy atom. The van der Waals surface area contributed by atoms with Gasteiger partial charge in [0.25, 0.3) is 0 Å². The maximum atomic E-state index is 6.18. The Bertz CT molecular complexity index is 881. The molecule has 0 saturated carbocycles. The van der Waals surface area contributed by atoms with Crippen molar-refractivity contribution in [2.24, 2.45) is 0 Å². The predicted octanol–water partition coefficient (Wildman–Crippen LogP) is 5.58. The van der Waals surface area contributed by atoms with Gasteiger partial charge in [-0.1, -0.05) is 18.2 Å². The first-order valence-corrected chi connectivity index (χ1v) is 9.14. The number of fused-ring (bicyclic) bond motifs is 3. The van der Waals surface area contributed by atoms with Crippen LogP contribution in [0.3, 0.4) is 0 Å². The van der Waals surface area contributed by atoms with Crippen LogP contribution in [-0.2, 0) is 12.8 Å². The summed E-state index contributed by atoms with van der Waals surface area (Å²) >= 11 is 7.95. The lowest BCUT2D eigenvalue weighted by Crippen LogP contribution is -2.03. The largest absolute Gasteiger partial charge is 0.339 e. The zero-order valence-electron chi connectivity index (χ0n) is 13.2. The van der Waals surface area contributed by atoms with E-state index < -0.39 is 0 Å². The number of para-hydroxylation sites is 1. The molecular weight excluding hydrogens is 326 g/mol. The normalized spacial score (nSPS) is 14.0. The second-order valence-corrected chi connectivity index (χ2v) is 7.55. The van der Waals surface area contributed by atoms with Gasteiger partial charge in [-0.05, 0) is 67.8 Å². The fourth-order valence-electron chi connectivity index (χ4n) is 3.35. The maximum Gasteiger partial charge on any atom is 0.225 e. The van der Waals surface area contributed by atoms with Crippen molar-refractivity contribution in [1.82, 2.24) is 9.97 Å². The first kappa shape index (κ1) is 14.9. The van der Waals surface area contributed by atoms with Gasteiger partial charge in [-0.3, -0.25) is 0 Å². The summed E-state index contributed by atoms with van der Waals surface area (Å²) in [6, 6.07) is 6.29. The van der Waals surface area contributed by atoms with Crippen molar-refractivity contribution >= 4 is 44.7 Å². The van der Waals surface area contributed by atoms with Crippen LogP contribution in [0.5, 0.6) is 0 Å². The average Bonchev–Trinajstić information content (AvgIpc) is 2.89. The topological polar surface area (TPSA) is 37.8 Å². The summed E-state index contributed by atoms with van der Waals surface area (Å²) in [4.78, 5) is 11.4. The van der Waals surface area contributed by atoms with Gasteiger partial charge in [0.1, 0.15) is 10.6 Å². The molecule has 2 aromatic heterocycles. The molecule has 0 bridgehead atoms. The first-order chi connectivity index (χ1) is 11.1. The van der Waals surface area contributed by atoms with E-state index in [0.717, 1.165) is 34.6 Å². The molecule has 0 fully saturated rings. The van der Waals surface area contributed by atoms with Gasteiger partial charge in [0.2, 0.25) is 5.28 Å². The number of benzene rings is 1. The van der Waals surface area contributed by atoms with Gasteiger partial charge in [0, 0.05) is 10.6 Å². The molecule has 0 unspecified atom stereocenters. The Morgan fingerprint density at radius 3 is 2.61 bits per heavy atom. The first-order valence-electron chi connectivity index (χ1n) is 7.94. The van der Waals surface area contributed by atoms with Crippen molar-refractivity contribution in [3.8, 4) is 0 Å². The summed E-state index contributed by atoms with van der Waals surface area (Å²) in [5, 5.41) is 5.01. The zero-order valence-corrected chi connectivity index (χ0v) is 14.8. The predicted molar refractivity (Wildman–Crippen MR) is 98.3 cm³/mol. The van der Waals surface area contributed by atoms with E-state index in [4.69, 9.17) is 11.6 Å². The van der Waals surface area contributed by atoms with Gasteiger partial charge in [0.15, 0.2) is 0 Å². The van der Waals surface area contributed by atoms with E-state index in [0.29, 0.717) is 5.28 Å². The second-order valence-electron chi connectivity index (χ2n) is 6.12. The van der Waals surface area contributed by atoms with Crippen LogP contribution in [0.1, 0.15) is 34.4 Å². The Labute approximate surface area is 144 Å². The van der Waals surface area contributed by atoms with Crippen LogP contribution in [0.2, 0.25) is 5.28 Å². The fourth-order valence-corrected chi connectivity index (χ4v) is 4.83. The van der Waals surface area contributed by atoms with Crippen molar-refractivity contribution in [2.75, 3.05) is 5.32 Å². The third kappa shape index (κ3) is 2.60.